The molecular weight excluding hydrogens is 428 g/mol. The van der Waals surface area contributed by atoms with Gasteiger partial charge in [-0.3, -0.25) is 4.79 Å². The lowest BCUT2D eigenvalue weighted by molar-refractivity contribution is -0.115. The number of amides is 1. The summed E-state index contributed by atoms with van der Waals surface area (Å²) in [6.07, 6.45) is 0. The van der Waals surface area contributed by atoms with E-state index in [0.717, 1.165) is 11.3 Å². The minimum atomic E-state index is -0.353. The fraction of sp³-hybridized carbons (Fsp3) is 0.273. The summed E-state index contributed by atoms with van der Waals surface area (Å²) in [6.45, 7) is 3.81. The topological polar surface area (TPSA) is 124 Å². The van der Waals surface area contributed by atoms with Crippen LogP contribution in [-0.4, -0.2) is 40.3 Å². The van der Waals surface area contributed by atoms with Gasteiger partial charge in [0.2, 0.25) is 17.8 Å². The molecule has 1 atom stereocenters. The maximum Gasteiger partial charge on any atom is 0.237 e. The average molecular weight is 455 g/mol. The molecule has 1 heterocycles. The summed E-state index contributed by atoms with van der Waals surface area (Å²) in [4.78, 5) is 25.4. The summed E-state index contributed by atoms with van der Waals surface area (Å²) in [6, 6.07) is 13.0. The zero-order chi connectivity index (χ0) is 23.1. The van der Waals surface area contributed by atoms with Gasteiger partial charge >= 0.3 is 0 Å². The summed E-state index contributed by atoms with van der Waals surface area (Å²) >= 11 is 1.40. The summed E-state index contributed by atoms with van der Waals surface area (Å²) < 4.78 is 10.5. The molecule has 0 aliphatic heterocycles. The van der Waals surface area contributed by atoms with Crippen LogP contribution in [0.3, 0.4) is 0 Å². The molecular formula is C22H26N6O3S. The van der Waals surface area contributed by atoms with Crippen LogP contribution < -0.4 is 25.8 Å². The predicted molar refractivity (Wildman–Crippen MR) is 128 cm³/mol. The van der Waals surface area contributed by atoms with Crippen LogP contribution in [0.5, 0.6) is 11.5 Å². The van der Waals surface area contributed by atoms with Crippen LogP contribution in [0.25, 0.3) is 0 Å². The zero-order valence-corrected chi connectivity index (χ0v) is 19.2. The van der Waals surface area contributed by atoms with E-state index in [1.54, 1.807) is 32.4 Å². The Morgan fingerprint density at radius 3 is 2.56 bits per heavy atom. The highest BCUT2D eigenvalue weighted by Gasteiger charge is 2.16. The molecule has 1 aromatic heterocycles. The van der Waals surface area contributed by atoms with Crippen molar-refractivity contribution in [2.24, 2.45) is 0 Å². The lowest BCUT2D eigenvalue weighted by Crippen LogP contribution is -2.22. The number of nitrogens with one attached hydrogen (secondary N) is 2. The van der Waals surface area contributed by atoms with Gasteiger partial charge in [-0.2, -0.15) is 15.0 Å². The Balaban J connectivity index is 1.61. The second-order valence-corrected chi connectivity index (χ2v) is 8.21. The van der Waals surface area contributed by atoms with E-state index in [1.807, 2.05) is 38.1 Å². The predicted octanol–water partition coefficient (Wildman–Crippen LogP) is 3.78. The van der Waals surface area contributed by atoms with Crippen molar-refractivity contribution in [3.8, 4) is 11.5 Å². The number of thioether (sulfide) groups is 1. The standard InChI is InChI=1S/C22H26N6O3S/c1-13-7-5-6-8-16(13)25-22-27-19(26-21(23)28-22)12-32-14(2)20(29)24-15-9-10-17(30-3)18(11-15)31-4/h5-11,14H,12H2,1-4H3,(H,24,29)(H3,23,25,26,27,28). The van der Waals surface area contributed by atoms with E-state index in [-0.39, 0.29) is 17.1 Å². The number of rotatable bonds is 9. The molecule has 1 unspecified atom stereocenters. The van der Waals surface area contributed by atoms with Crippen molar-refractivity contribution in [1.82, 2.24) is 15.0 Å². The molecule has 10 heteroatoms. The van der Waals surface area contributed by atoms with Crippen molar-refractivity contribution in [2.75, 3.05) is 30.6 Å². The highest BCUT2D eigenvalue weighted by Crippen LogP contribution is 2.30. The number of nitrogen functional groups attached to an aromatic ring is 1. The normalized spacial score (nSPS) is 11.5. The van der Waals surface area contributed by atoms with Gasteiger partial charge in [-0.05, 0) is 37.6 Å². The van der Waals surface area contributed by atoms with Crippen LogP contribution in [0, 0.1) is 6.92 Å². The molecule has 0 saturated heterocycles. The van der Waals surface area contributed by atoms with Crippen LogP contribution in [-0.2, 0) is 10.5 Å². The number of para-hydroxylation sites is 1. The van der Waals surface area contributed by atoms with Gasteiger partial charge in [0, 0.05) is 17.4 Å². The first kappa shape index (κ1) is 23.1. The molecule has 168 valence electrons. The fourth-order valence-electron chi connectivity index (χ4n) is 2.83. The Labute approximate surface area is 191 Å². The number of methoxy groups -OCH3 is 2. The number of nitrogens with two attached hydrogens (primary N) is 1. The number of carbonyl (C=O) groups excluding carboxylic acids is 1. The summed E-state index contributed by atoms with van der Waals surface area (Å²) in [5, 5.41) is 5.69. The zero-order valence-electron chi connectivity index (χ0n) is 18.4. The number of hydrogen-bond acceptors (Lipinski definition) is 9. The van der Waals surface area contributed by atoms with Crippen molar-refractivity contribution in [1.29, 1.82) is 0 Å². The monoisotopic (exact) mass is 454 g/mol. The molecule has 0 bridgehead atoms. The van der Waals surface area contributed by atoms with Crippen LogP contribution in [0.15, 0.2) is 42.5 Å². The molecule has 3 rings (SSSR count). The van der Waals surface area contributed by atoms with Gasteiger partial charge in [-0.25, -0.2) is 0 Å². The van der Waals surface area contributed by atoms with E-state index in [0.29, 0.717) is 34.7 Å². The van der Waals surface area contributed by atoms with Crippen molar-refractivity contribution in [3.63, 3.8) is 0 Å². The molecule has 0 aliphatic carbocycles. The Morgan fingerprint density at radius 1 is 1.09 bits per heavy atom. The quantitative estimate of drug-likeness (QED) is 0.443. The maximum atomic E-state index is 12.6. The number of aryl methyl sites for hydroxylation is 1. The Hall–Kier alpha value is -3.53. The van der Waals surface area contributed by atoms with Crippen LogP contribution in [0.4, 0.5) is 23.3 Å². The molecule has 1 amide bonds. The van der Waals surface area contributed by atoms with Gasteiger partial charge in [0.25, 0.3) is 0 Å². The van der Waals surface area contributed by atoms with Gasteiger partial charge in [0.05, 0.1) is 25.2 Å². The molecule has 4 N–H and O–H groups in total. The van der Waals surface area contributed by atoms with Crippen LogP contribution in [0.2, 0.25) is 0 Å². The number of ether oxygens (including phenoxy) is 2. The molecule has 2 aromatic carbocycles. The summed E-state index contributed by atoms with van der Waals surface area (Å²) in [7, 11) is 3.11. The molecule has 32 heavy (non-hydrogen) atoms. The van der Waals surface area contributed by atoms with Gasteiger partial charge in [0.15, 0.2) is 11.5 Å². The first-order valence-corrected chi connectivity index (χ1v) is 10.9. The van der Waals surface area contributed by atoms with Crippen LogP contribution in [0.1, 0.15) is 18.3 Å². The van der Waals surface area contributed by atoms with Gasteiger partial charge in [-0.1, -0.05) is 18.2 Å². The second-order valence-electron chi connectivity index (χ2n) is 6.89. The number of anilines is 4. The SMILES string of the molecule is COc1ccc(NC(=O)C(C)SCc2nc(N)nc(Nc3ccccc3C)n2)cc1OC. The van der Waals surface area contributed by atoms with Crippen molar-refractivity contribution in [3.05, 3.63) is 53.9 Å². The number of hydrogen-bond donors (Lipinski definition) is 3. The van der Waals surface area contributed by atoms with E-state index in [4.69, 9.17) is 15.2 Å². The van der Waals surface area contributed by atoms with Gasteiger partial charge in [-0.15, -0.1) is 11.8 Å². The molecule has 0 radical (unpaired) electrons. The molecule has 0 saturated carbocycles. The number of aromatic nitrogens is 3. The van der Waals surface area contributed by atoms with E-state index >= 15 is 0 Å². The molecule has 0 aliphatic rings. The van der Waals surface area contributed by atoms with E-state index < -0.39 is 0 Å². The van der Waals surface area contributed by atoms with Crippen molar-refractivity contribution in [2.45, 2.75) is 24.9 Å². The highest BCUT2D eigenvalue weighted by molar-refractivity contribution is 7.99. The smallest absolute Gasteiger partial charge is 0.237 e. The van der Waals surface area contributed by atoms with E-state index in [2.05, 4.69) is 25.6 Å². The third-order valence-electron chi connectivity index (χ3n) is 4.57. The van der Waals surface area contributed by atoms with Gasteiger partial charge < -0.3 is 25.8 Å². The Kier molecular flexibility index (Phi) is 7.72. The molecule has 3 aromatic rings. The molecule has 0 spiro atoms. The fourth-order valence-corrected chi connectivity index (χ4v) is 3.56. The average Bonchev–Trinajstić information content (AvgIpc) is 2.78. The molecule has 0 fully saturated rings. The number of nitrogens with zero attached hydrogens (tertiary/aromatic N) is 3. The third-order valence-corrected chi connectivity index (χ3v) is 5.71. The third kappa shape index (κ3) is 6.01. The Bertz CT molecular complexity index is 1100. The van der Waals surface area contributed by atoms with Crippen molar-refractivity contribution < 1.29 is 14.3 Å². The summed E-state index contributed by atoms with van der Waals surface area (Å²) in [5.74, 6) is 2.36. The van der Waals surface area contributed by atoms with E-state index in [1.165, 1.54) is 11.8 Å². The highest BCUT2D eigenvalue weighted by atomic mass is 32.2. The lowest BCUT2D eigenvalue weighted by atomic mass is 10.2. The van der Waals surface area contributed by atoms with Crippen LogP contribution >= 0.6 is 11.8 Å². The first-order valence-electron chi connectivity index (χ1n) is 9.87. The second kappa shape index (κ2) is 10.7. The maximum absolute atomic E-state index is 12.6. The molecule has 9 nitrogen and oxygen atoms in total. The van der Waals surface area contributed by atoms with E-state index in [9.17, 15) is 4.79 Å². The number of benzene rings is 2. The van der Waals surface area contributed by atoms with Crippen molar-refractivity contribution >= 4 is 40.9 Å². The summed E-state index contributed by atoms with van der Waals surface area (Å²) in [5.41, 5.74) is 8.42. The number of carbonyl (C=O) groups is 1. The van der Waals surface area contributed by atoms with Gasteiger partial charge in [0.1, 0.15) is 5.82 Å². The minimum Gasteiger partial charge on any atom is -0.493 e. The first-order chi connectivity index (χ1) is 15.4. The minimum absolute atomic E-state index is 0.120. The largest absolute Gasteiger partial charge is 0.493 e. The Morgan fingerprint density at radius 2 is 1.84 bits per heavy atom. The lowest BCUT2D eigenvalue weighted by Gasteiger charge is -2.14.